The Morgan fingerprint density at radius 3 is 2.36 bits per heavy atom. The van der Waals surface area contributed by atoms with E-state index >= 15 is 0 Å². The van der Waals surface area contributed by atoms with Crippen LogP contribution in [0.5, 0.6) is 5.75 Å². The molecule has 5 atom stereocenters. The van der Waals surface area contributed by atoms with Crippen LogP contribution in [0.15, 0.2) is 59.7 Å². The molecule has 4 unspecified atom stereocenters. The Labute approximate surface area is 214 Å². The first-order valence-corrected chi connectivity index (χ1v) is 12.5. The minimum atomic E-state index is -1.19. The zero-order valence-corrected chi connectivity index (χ0v) is 22.6. The smallest absolute Gasteiger partial charge is 0.351 e. The molecule has 2 rings (SSSR count). The second-order valence-corrected chi connectivity index (χ2v) is 9.07. The summed E-state index contributed by atoms with van der Waals surface area (Å²) in [4.78, 5) is 16.1. The molecule has 9 heteroatoms. The number of rotatable bonds is 15. The number of hydrogen-bond acceptors (Lipinski definition) is 8. The predicted molar refractivity (Wildman–Crippen MR) is 141 cm³/mol. The Kier molecular flexibility index (Phi) is 11.0. The molecule has 0 bridgehead atoms. The highest BCUT2D eigenvalue weighted by molar-refractivity contribution is 5.23. The lowest BCUT2D eigenvalue weighted by molar-refractivity contribution is -0.259. The molecular weight excluding hydrogens is 460 g/mol. The molecule has 0 spiro atoms. The number of nitrogens with one attached hydrogen (secondary N) is 1. The van der Waals surface area contributed by atoms with Gasteiger partial charge in [0.2, 0.25) is 0 Å². The summed E-state index contributed by atoms with van der Waals surface area (Å²) < 4.78 is 26.4. The molecule has 1 heterocycles. The van der Waals surface area contributed by atoms with Crippen molar-refractivity contribution in [3.8, 4) is 5.75 Å². The average molecular weight is 503 g/mol. The van der Waals surface area contributed by atoms with Gasteiger partial charge in [0.05, 0.1) is 24.4 Å². The number of benzene rings is 1. The van der Waals surface area contributed by atoms with Gasteiger partial charge in [-0.2, -0.15) is 4.98 Å². The molecule has 0 saturated carbocycles. The SMILES string of the molecule is C=C(OC(C)C)C(C)NC(CC)(Oc1ccccc1)OC(C)[C@H](CC)OC(C)n1ccc(N)nc1=O. The van der Waals surface area contributed by atoms with Crippen molar-refractivity contribution in [2.45, 2.75) is 97.8 Å². The number of anilines is 1. The highest BCUT2D eigenvalue weighted by atomic mass is 16.7. The van der Waals surface area contributed by atoms with E-state index in [1.165, 1.54) is 4.57 Å². The third-order valence-electron chi connectivity index (χ3n) is 5.72. The molecule has 0 amide bonds. The summed E-state index contributed by atoms with van der Waals surface area (Å²) in [7, 11) is 0. The first-order chi connectivity index (χ1) is 17.0. The van der Waals surface area contributed by atoms with Crippen molar-refractivity contribution in [2.24, 2.45) is 0 Å². The fourth-order valence-electron chi connectivity index (χ4n) is 3.78. The average Bonchev–Trinajstić information content (AvgIpc) is 2.82. The number of nitrogen functional groups attached to an aromatic ring is 1. The molecule has 1 aromatic heterocycles. The van der Waals surface area contributed by atoms with E-state index in [1.54, 1.807) is 19.2 Å². The van der Waals surface area contributed by atoms with Gasteiger partial charge in [0.15, 0.2) is 0 Å². The first-order valence-electron chi connectivity index (χ1n) is 12.5. The van der Waals surface area contributed by atoms with Crippen molar-refractivity contribution in [1.29, 1.82) is 0 Å². The van der Waals surface area contributed by atoms with Crippen molar-refractivity contribution in [3.05, 3.63) is 65.4 Å². The standard InChI is InChI=1S/C27H42N4O5/c1-9-24(34-22(8)31-17-16-25(28)29-26(31)32)21(7)35-27(10-2,36-23-14-12-11-13-15-23)30-19(5)20(6)33-18(3)4/h11-19,21-22,24,30H,6,9-10H2,1-5,7-8H3,(H2,28,29,32)/t19?,21?,22?,24-,27?/m0/s1. The van der Waals surface area contributed by atoms with E-state index < -0.39 is 23.9 Å². The highest BCUT2D eigenvalue weighted by Crippen LogP contribution is 2.27. The Hall–Kier alpha value is -2.88. The van der Waals surface area contributed by atoms with Crippen LogP contribution in [0.3, 0.4) is 0 Å². The number of para-hydroxylation sites is 1. The summed E-state index contributed by atoms with van der Waals surface area (Å²) in [6.45, 7) is 17.6. The fraction of sp³-hybridized carbons (Fsp3) is 0.556. The van der Waals surface area contributed by atoms with Crippen LogP contribution in [-0.4, -0.2) is 39.8 Å². The van der Waals surface area contributed by atoms with Gasteiger partial charge in [0.1, 0.15) is 23.6 Å². The van der Waals surface area contributed by atoms with Crippen LogP contribution in [0.4, 0.5) is 5.82 Å². The van der Waals surface area contributed by atoms with Gasteiger partial charge < -0.3 is 24.7 Å². The maximum Gasteiger partial charge on any atom is 0.351 e. The van der Waals surface area contributed by atoms with Gasteiger partial charge in [-0.3, -0.25) is 4.57 Å². The monoisotopic (exact) mass is 502 g/mol. The lowest BCUT2D eigenvalue weighted by Crippen LogP contribution is -2.58. The van der Waals surface area contributed by atoms with Gasteiger partial charge in [-0.05, 0) is 59.2 Å². The Bertz CT molecular complexity index is 1010. The van der Waals surface area contributed by atoms with Gasteiger partial charge in [-0.15, -0.1) is 0 Å². The Morgan fingerprint density at radius 1 is 1.14 bits per heavy atom. The topological polar surface area (TPSA) is 110 Å². The molecule has 1 aromatic carbocycles. The number of nitrogens with two attached hydrogens (primary N) is 1. The minimum absolute atomic E-state index is 0.00162. The van der Waals surface area contributed by atoms with Gasteiger partial charge in [0, 0.05) is 12.6 Å². The van der Waals surface area contributed by atoms with Crippen LogP contribution < -0.4 is 21.5 Å². The molecule has 36 heavy (non-hydrogen) atoms. The molecule has 0 saturated heterocycles. The van der Waals surface area contributed by atoms with Crippen molar-refractivity contribution in [1.82, 2.24) is 14.9 Å². The second kappa shape index (κ2) is 13.4. The predicted octanol–water partition coefficient (Wildman–Crippen LogP) is 4.60. The number of hydrogen-bond donors (Lipinski definition) is 2. The summed E-state index contributed by atoms with van der Waals surface area (Å²) in [5, 5.41) is 3.44. The normalized spacial score (nSPS) is 16.6. The quantitative estimate of drug-likeness (QED) is 0.269. The molecule has 200 valence electrons. The van der Waals surface area contributed by atoms with Crippen molar-refractivity contribution in [2.75, 3.05) is 5.73 Å². The van der Waals surface area contributed by atoms with Crippen molar-refractivity contribution < 1.29 is 18.9 Å². The third kappa shape index (κ3) is 8.36. The van der Waals surface area contributed by atoms with E-state index in [-0.39, 0.29) is 24.1 Å². The molecule has 0 aliphatic heterocycles. The van der Waals surface area contributed by atoms with E-state index in [0.29, 0.717) is 24.4 Å². The molecule has 3 N–H and O–H groups in total. The summed E-state index contributed by atoms with van der Waals surface area (Å²) in [5.41, 5.74) is 5.15. The Balaban J connectivity index is 2.26. The third-order valence-corrected chi connectivity index (χ3v) is 5.72. The van der Waals surface area contributed by atoms with Gasteiger partial charge in [0.25, 0.3) is 5.91 Å². The molecule has 0 fully saturated rings. The zero-order valence-electron chi connectivity index (χ0n) is 22.6. The number of ether oxygens (including phenoxy) is 4. The second-order valence-electron chi connectivity index (χ2n) is 9.07. The highest BCUT2D eigenvalue weighted by Gasteiger charge is 2.38. The lowest BCUT2D eigenvalue weighted by atomic mass is 10.1. The van der Waals surface area contributed by atoms with E-state index in [0.717, 1.165) is 0 Å². The largest absolute Gasteiger partial charge is 0.494 e. The fourth-order valence-corrected chi connectivity index (χ4v) is 3.78. The maximum atomic E-state index is 12.3. The van der Waals surface area contributed by atoms with Crippen LogP contribution in [0.1, 0.15) is 67.5 Å². The molecule has 9 nitrogen and oxygen atoms in total. The zero-order chi connectivity index (χ0) is 26.9. The van der Waals surface area contributed by atoms with Gasteiger partial charge >= 0.3 is 5.69 Å². The summed E-state index contributed by atoms with van der Waals surface area (Å²) in [6.07, 6.45) is 1.38. The van der Waals surface area contributed by atoms with Gasteiger partial charge in [-0.1, -0.05) is 38.6 Å². The summed E-state index contributed by atoms with van der Waals surface area (Å²) in [5.74, 6) is 0.218. The summed E-state index contributed by atoms with van der Waals surface area (Å²) >= 11 is 0. The van der Waals surface area contributed by atoms with Crippen LogP contribution in [-0.2, 0) is 14.2 Å². The molecule has 0 radical (unpaired) electrons. The first kappa shape index (κ1) is 29.4. The van der Waals surface area contributed by atoms with Crippen LogP contribution >= 0.6 is 0 Å². The lowest BCUT2D eigenvalue weighted by Gasteiger charge is -2.40. The van der Waals surface area contributed by atoms with E-state index in [1.807, 2.05) is 71.9 Å². The number of aromatic nitrogens is 2. The van der Waals surface area contributed by atoms with Gasteiger partial charge in [-0.25, -0.2) is 10.1 Å². The molecular formula is C27H42N4O5. The minimum Gasteiger partial charge on any atom is -0.494 e. The summed E-state index contributed by atoms with van der Waals surface area (Å²) in [6, 6.07) is 10.8. The van der Waals surface area contributed by atoms with Crippen molar-refractivity contribution >= 4 is 5.82 Å². The van der Waals surface area contributed by atoms with E-state index in [9.17, 15) is 4.79 Å². The Morgan fingerprint density at radius 2 is 1.81 bits per heavy atom. The van der Waals surface area contributed by atoms with Crippen LogP contribution in [0.2, 0.25) is 0 Å². The molecule has 2 aromatic rings. The van der Waals surface area contributed by atoms with Crippen LogP contribution in [0.25, 0.3) is 0 Å². The number of nitrogens with zero attached hydrogens (tertiary/aromatic N) is 2. The van der Waals surface area contributed by atoms with E-state index in [2.05, 4.69) is 16.9 Å². The maximum absolute atomic E-state index is 12.3. The van der Waals surface area contributed by atoms with E-state index in [4.69, 9.17) is 24.7 Å². The van der Waals surface area contributed by atoms with Crippen molar-refractivity contribution in [3.63, 3.8) is 0 Å². The van der Waals surface area contributed by atoms with Crippen LogP contribution in [0, 0.1) is 0 Å². The molecule has 0 aliphatic rings. The molecule has 0 aliphatic carbocycles.